The fourth-order valence-electron chi connectivity index (χ4n) is 4.76. The van der Waals surface area contributed by atoms with Crippen LogP contribution in [0.3, 0.4) is 0 Å². The fourth-order valence-corrected chi connectivity index (χ4v) is 4.76. The molecule has 5 rings (SSSR count). The molecule has 2 aromatic rings. The lowest BCUT2D eigenvalue weighted by molar-refractivity contribution is 0.101. The highest BCUT2D eigenvalue weighted by molar-refractivity contribution is 5.56. The molecule has 0 N–H and O–H groups in total. The lowest BCUT2D eigenvalue weighted by atomic mass is 9.99. The number of aromatic nitrogens is 3. The standard InChI is InChI=1S/C21H29N5O/c1-24-9-2-4-17-14-16(6-7-18(17)24)15-25-10-8-20-22-23-21(26(20)12-11-25)19-5-3-13-27-19/h6-7,14,19H,2-5,8-13,15H2,1H3. The summed E-state index contributed by atoms with van der Waals surface area (Å²) in [7, 11) is 2.20. The molecule has 6 nitrogen and oxygen atoms in total. The average molecular weight is 367 g/mol. The number of nitrogens with zero attached hydrogens (tertiary/aromatic N) is 5. The normalized spacial score (nSPS) is 23.1. The first-order valence-electron chi connectivity index (χ1n) is 10.4. The Morgan fingerprint density at radius 1 is 1.07 bits per heavy atom. The molecule has 144 valence electrons. The second-order valence-corrected chi connectivity index (χ2v) is 8.14. The lowest BCUT2D eigenvalue weighted by Gasteiger charge is -2.28. The average Bonchev–Trinajstić information content (AvgIpc) is 3.30. The maximum absolute atomic E-state index is 5.85. The molecule has 1 fully saturated rings. The third-order valence-electron chi connectivity index (χ3n) is 6.27. The van der Waals surface area contributed by atoms with Gasteiger partial charge in [0.2, 0.25) is 0 Å². The van der Waals surface area contributed by atoms with Crippen molar-refractivity contribution < 1.29 is 4.74 Å². The van der Waals surface area contributed by atoms with Crippen LogP contribution < -0.4 is 4.90 Å². The van der Waals surface area contributed by atoms with Gasteiger partial charge in [-0.25, -0.2) is 0 Å². The summed E-state index contributed by atoms with van der Waals surface area (Å²) in [5, 5.41) is 8.92. The highest BCUT2D eigenvalue weighted by Gasteiger charge is 2.27. The van der Waals surface area contributed by atoms with Gasteiger partial charge in [-0.15, -0.1) is 10.2 Å². The Kier molecular flexibility index (Phi) is 4.61. The van der Waals surface area contributed by atoms with E-state index in [1.165, 1.54) is 36.2 Å². The lowest BCUT2D eigenvalue weighted by Crippen LogP contribution is -2.28. The number of hydrogen-bond acceptors (Lipinski definition) is 5. The van der Waals surface area contributed by atoms with Gasteiger partial charge >= 0.3 is 0 Å². The van der Waals surface area contributed by atoms with E-state index >= 15 is 0 Å². The van der Waals surface area contributed by atoms with E-state index in [1.54, 1.807) is 0 Å². The molecular formula is C21H29N5O. The highest BCUT2D eigenvalue weighted by Crippen LogP contribution is 2.29. The summed E-state index contributed by atoms with van der Waals surface area (Å²) in [5.74, 6) is 2.16. The van der Waals surface area contributed by atoms with Crippen molar-refractivity contribution in [2.45, 2.75) is 51.3 Å². The number of benzene rings is 1. The summed E-state index contributed by atoms with van der Waals surface area (Å²) in [6.07, 6.45) is 5.79. The van der Waals surface area contributed by atoms with Crippen LogP contribution in [0.25, 0.3) is 0 Å². The molecule has 6 heteroatoms. The molecular weight excluding hydrogens is 338 g/mol. The molecule has 1 unspecified atom stereocenters. The summed E-state index contributed by atoms with van der Waals surface area (Å²) in [6.45, 7) is 6.09. The van der Waals surface area contributed by atoms with E-state index in [-0.39, 0.29) is 6.10 Å². The molecule has 1 aromatic heterocycles. The third-order valence-corrected chi connectivity index (χ3v) is 6.27. The summed E-state index contributed by atoms with van der Waals surface area (Å²) in [5.41, 5.74) is 4.35. The van der Waals surface area contributed by atoms with Crippen LogP contribution in [0.5, 0.6) is 0 Å². The van der Waals surface area contributed by atoms with E-state index in [1.807, 2.05) is 0 Å². The maximum atomic E-state index is 5.85. The molecule has 1 saturated heterocycles. The SMILES string of the molecule is CN1CCCc2cc(CN3CCc4nnc(C5CCCO5)n4CC3)ccc21. The zero-order valence-corrected chi connectivity index (χ0v) is 16.2. The molecule has 0 radical (unpaired) electrons. The van der Waals surface area contributed by atoms with Gasteiger partial charge in [0.25, 0.3) is 0 Å². The third kappa shape index (κ3) is 3.36. The summed E-state index contributed by atoms with van der Waals surface area (Å²) in [6, 6.07) is 7.05. The van der Waals surface area contributed by atoms with Crippen LogP contribution in [-0.2, 0) is 30.7 Å². The van der Waals surface area contributed by atoms with Crippen molar-refractivity contribution >= 4 is 5.69 Å². The van der Waals surface area contributed by atoms with Crippen molar-refractivity contribution in [1.82, 2.24) is 19.7 Å². The Balaban J connectivity index is 1.28. The molecule has 0 amide bonds. The first-order chi connectivity index (χ1) is 13.3. The number of hydrogen-bond donors (Lipinski definition) is 0. The van der Waals surface area contributed by atoms with Crippen molar-refractivity contribution in [2.24, 2.45) is 0 Å². The number of ether oxygens (including phenoxy) is 1. The van der Waals surface area contributed by atoms with Crippen molar-refractivity contribution in [1.29, 1.82) is 0 Å². The molecule has 3 aliphatic heterocycles. The Hall–Kier alpha value is -1.92. The summed E-state index contributed by atoms with van der Waals surface area (Å²) < 4.78 is 8.16. The Morgan fingerprint density at radius 3 is 2.93 bits per heavy atom. The minimum absolute atomic E-state index is 0.149. The number of fused-ring (bicyclic) bond motifs is 2. The monoisotopic (exact) mass is 367 g/mol. The smallest absolute Gasteiger partial charge is 0.162 e. The van der Waals surface area contributed by atoms with Crippen molar-refractivity contribution in [3.05, 3.63) is 41.0 Å². The van der Waals surface area contributed by atoms with Crippen LogP contribution in [0.2, 0.25) is 0 Å². The topological polar surface area (TPSA) is 46.4 Å². The predicted molar refractivity (Wildman–Crippen MR) is 105 cm³/mol. The van der Waals surface area contributed by atoms with Crippen LogP contribution in [0, 0.1) is 0 Å². The van der Waals surface area contributed by atoms with Crippen molar-refractivity contribution in [2.75, 3.05) is 38.2 Å². The van der Waals surface area contributed by atoms with Crippen LogP contribution in [0.1, 0.15) is 48.1 Å². The van der Waals surface area contributed by atoms with Gasteiger partial charge in [-0.1, -0.05) is 12.1 Å². The first kappa shape index (κ1) is 17.2. The minimum Gasteiger partial charge on any atom is -0.374 e. The van der Waals surface area contributed by atoms with Crippen molar-refractivity contribution in [3.63, 3.8) is 0 Å². The quantitative estimate of drug-likeness (QED) is 0.834. The van der Waals surface area contributed by atoms with Gasteiger partial charge in [-0.05, 0) is 42.9 Å². The highest BCUT2D eigenvalue weighted by atomic mass is 16.5. The first-order valence-corrected chi connectivity index (χ1v) is 10.4. The van der Waals surface area contributed by atoms with Crippen LogP contribution in [-0.4, -0.2) is 53.0 Å². The van der Waals surface area contributed by atoms with Gasteiger partial charge in [0.15, 0.2) is 5.82 Å². The van der Waals surface area contributed by atoms with Gasteiger partial charge in [0.1, 0.15) is 11.9 Å². The van der Waals surface area contributed by atoms with E-state index in [0.717, 1.165) is 63.7 Å². The van der Waals surface area contributed by atoms with E-state index in [0.29, 0.717) is 0 Å². The fraction of sp³-hybridized carbons (Fsp3) is 0.619. The summed E-state index contributed by atoms with van der Waals surface area (Å²) in [4.78, 5) is 4.94. The van der Waals surface area contributed by atoms with Gasteiger partial charge in [0, 0.05) is 58.5 Å². The second-order valence-electron chi connectivity index (χ2n) is 8.14. The number of anilines is 1. The number of rotatable bonds is 3. The molecule has 0 saturated carbocycles. The van der Waals surface area contributed by atoms with Crippen LogP contribution in [0.4, 0.5) is 5.69 Å². The van der Waals surface area contributed by atoms with E-state index in [2.05, 4.69) is 49.8 Å². The largest absolute Gasteiger partial charge is 0.374 e. The summed E-state index contributed by atoms with van der Waals surface area (Å²) >= 11 is 0. The molecule has 4 heterocycles. The number of aryl methyl sites for hydroxylation is 1. The van der Waals surface area contributed by atoms with Gasteiger partial charge in [-0.2, -0.15) is 0 Å². The molecule has 27 heavy (non-hydrogen) atoms. The second kappa shape index (κ2) is 7.24. The molecule has 1 aromatic carbocycles. The predicted octanol–water partition coefficient (Wildman–Crippen LogP) is 2.57. The van der Waals surface area contributed by atoms with E-state index in [9.17, 15) is 0 Å². The molecule has 1 atom stereocenters. The molecule has 0 aliphatic carbocycles. The van der Waals surface area contributed by atoms with Gasteiger partial charge in [0.05, 0.1) is 0 Å². The van der Waals surface area contributed by atoms with E-state index in [4.69, 9.17) is 4.74 Å². The molecule has 0 bridgehead atoms. The minimum atomic E-state index is 0.149. The van der Waals surface area contributed by atoms with Gasteiger partial charge < -0.3 is 14.2 Å². The zero-order chi connectivity index (χ0) is 18.2. The van der Waals surface area contributed by atoms with Gasteiger partial charge in [-0.3, -0.25) is 4.90 Å². The Bertz CT molecular complexity index is 811. The van der Waals surface area contributed by atoms with Crippen molar-refractivity contribution in [3.8, 4) is 0 Å². The Labute approximate surface area is 161 Å². The molecule has 0 spiro atoms. The Morgan fingerprint density at radius 2 is 2.04 bits per heavy atom. The van der Waals surface area contributed by atoms with Crippen LogP contribution in [0.15, 0.2) is 18.2 Å². The maximum Gasteiger partial charge on any atom is 0.162 e. The molecule has 3 aliphatic rings. The van der Waals surface area contributed by atoms with Crippen LogP contribution >= 0.6 is 0 Å². The zero-order valence-electron chi connectivity index (χ0n) is 16.2. The van der Waals surface area contributed by atoms with E-state index < -0.39 is 0 Å².